The Bertz CT molecular complexity index is 1220. The van der Waals surface area contributed by atoms with E-state index in [-0.39, 0.29) is 22.2 Å². The lowest BCUT2D eigenvalue weighted by Gasteiger charge is -2.56. The summed E-state index contributed by atoms with van der Waals surface area (Å²) in [6, 6.07) is 6.91. The van der Waals surface area contributed by atoms with Gasteiger partial charge < -0.3 is 15.3 Å². The normalized spacial score (nSPS) is 36.6. The van der Waals surface area contributed by atoms with E-state index in [4.69, 9.17) is 0 Å². The van der Waals surface area contributed by atoms with Gasteiger partial charge in [0, 0.05) is 12.8 Å². The lowest BCUT2D eigenvalue weighted by atomic mass is 9.49. The molecule has 3 saturated carbocycles. The van der Waals surface area contributed by atoms with Crippen LogP contribution in [0.1, 0.15) is 108 Å². The van der Waals surface area contributed by atoms with Crippen LogP contribution >= 0.6 is 0 Å². The van der Waals surface area contributed by atoms with Crippen molar-refractivity contribution in [2.75, 3.05) is 0 Å². The second-order valence-corrected chi connectivity index (χ2v) is 14.2. The van der Waals surface area contributed by atoms with Gasteiger partial charge in [-0.15, -0.1) is 0 Å². The van der Waals surface area contributed by atoms with E-state index in [9.17, 15) is 24.9 Å². The second kappa shape index (κ2) is 9.69. The molecule has 0 unspecified atom stereocenters. The number of carboxylic acid groups (broad SMARTS) is 1. The smallest absolute Gasteiger partial charge is 0.336 e. The number of hydrogen-bond donors (Lipinski definition) is 3. The number of carbonyl (C=O) groups excluding carboxylic acids is 1. The number of rotatable bonds is 7. The Kier molecular flexibility index (Phi) is 7.03. The van der Waals surface area contributed by atoms with Crippen LogP contribution < -0.4 is 0 Å². The van der Waals surface area contributed by atoms with Crippen LogP contribution in [0.2, 0.25) is 0 Å². The second-order valence-electron chi connectivity index (χ2n) is 14.2. The van der Waals surface area contributed by atoms with Crippen molar-refractivity contribution >= 4 is 11.8 Å². The fourth-order valence-electron chi connectivity index (χ4n) is 9.14. The van der Waals surface area contributed by atoms with Crippen LogP contribution in [0, 0.1) is 34.5 Å². The molecule has 5 nitrogen and oxygen atoms in total. The Hall–Kier alpha value is -2.24. The molecule has 5 heteroatoms. The van der Waals surface area contributed by atoms with Gasteiger partial charge in [0.15, 0.2) is 5.78 Å². The molecule has 39 heavy (non-hydrogen) atoms. The number of ketones is 1. The zero-order chi connectivity index (χ0) is 28.4. The lowest BCUT2D eigenvalue weighted by molar-refractivity contribution is -0.134. The Morgan fingerprint density at radius 2 is 1.74 bits per heavy atom. The number of fused-ring (bicyclic) bond motifs is 5. The number of carbonyl (C=O) groups is 2. The van der Waals surface area contributed by atoms with Gasteiger partial charge in [0.2, 0.25) is 0 Å². The molecule has 212 valence electrons. The average Bonchev–Trinajstić information content (AvgIpc) is 3.24. The van der Waals surface area contributed by atoms with Crippen molar-refractivity contribution in [3.05, 3.63) is 58.7 Å². The highest BCUT2D eigenvalue weighted by atomic mass is 16.4. The van der Waals surface area contributed by atoms with E-state index in [2.05, 4.69) is 32.9 Å². The molecule has 0 amide bonds. The highest BCUT2D eigenvalue weighted by Gasteiger charge is 2.58. The zero-order valence-corrected chi connectivity index (χ0v) is 24.3. The maximum atomic E-state index is 12.4. The van der Waals surface area contributed by atoms with Gasteiger partial charge in [-0.25, -0.2) is 4.79 Å². The summed E-state index contributed by atoms with van der Waals surface area (Å²) in [5.74, 6) is 0.945. The van der Waals surface area contributed by atoms with Gasteiger partial charge in [0.25, 0.3) is 0 Å². The maximum Gasteiger partial charge on any atom is 0.336 e. The zero-order valence-electron chi connectivity index (χ0n) is 24.3. The van der Waals surface area contributed by atoms with Crippen molar-refractivity contribution in [1.82, 2.24) is 0 Å². The van der Waals surface area contributed by atoms with E-state index < -0.39 is 17.2 Å². The number of allylic oxidation sites excluding steroid dienone is 3. The molecule has 7 atom stereocenters. The van der Waals surface area contributed by atoms with Crippen LogP contribution in [0.4, 0.5) is 0 Å². The van der Waals surface area contributed by atoms with Gasteiger partial charge in [0.1, 0.15) is 5.60 Å². The quantitative estimate of drug-likeness (QED) is 0.356. The number of Topliss-reactive ketones (excluding diaryl/α,β-unsaturated/α-hetero) is 1. The van der Waals surface area contributed by atoms with Gasteiger partial charge in [-0.2, -0.15) is 0 Å². The summed E-state index contributed by atoms with van der Waals surface area (Å²) >= 11 is 0. The van der Waals surface area contributed by atoms with Crippen molar-refractivity contribution in [3.8, 4) is 0 Å². The van der Waals surface area contributed by atoms with Crippen molar-refractivity contribution in [1.29, 1.82) is 0 Å². The molecule has 4 aliphatic rings. The highest BCUT2D eigenvalue weighted by molar-refractivity contribution is 5.89. The van der Waals surface area contributed by atoms with E-state index in [1.807, 2.05) is 6.07 Å². The molecule has 0 radical (unpaired) electrons. The number of benzene rings is 1. The van der Waals surface area contributed by atoms with Crippen LogP contribution in [-0.2, 0) is 10.4 Å². The van der Waals surface area contributed by atoms with E-state index in [0.29, 0.717) is 48.5 Å². The van der Waals surface area contributed by atoms with E-state index in [1.165, 1.54) is 24.8 Å². The highest BCUT2D eigenvalue weighted by Crippen LogP contribution is 2.67. The molecule has 0 heterocycles. The largest absolute Gasteiger partial charge is 0.478 e. The van der Waals surface area contributed by atoms with Gasteiger partial charge in [-0.1, -0.05) is 62.3 Å². The first-order chi connectivity index (χ1) is 18.2. The van der Waals surface area contributed by atoms with Gasteiger partial charge in [0.05, 0.1) is 11.2 Å². The number of aromatic carboxylic acids is 1. The molecule has 0 bridgehead atoms. The summed E-state index contributed by atoms with van der Waals surface area (Å²) in [6.07, 6.45) is 12.4. The summed E-state index contributed by atoms with van der Waals surface area (Å²) in [5.41, 5.74) is 1.34. The van der Waals surface area contributed by atoms with E-state index in [1.54, 1.807) is 37.6 Å². The summed E-state index contributed by atoms with van der Waals surface area (Å²) in [7, 11) is 0. The summed E-state index contributed by atoms with van der Waals surface area (Å²) < 4.78 is 0. The van der Waals surface area contributed by atoms with Crippen LogP contribution in [0.25, 0.3) is 0 Å². The molecule has 3 fully saturated rings. The van der Waals surface area contributed by atoms with Crippen LogP contribution in [0.5, 0.6) is 0 Å². The van der Waals surface area contributed by atoms with Crippen LogP contribution in [-0.4, -0.2) is 32.7 Å². The topological polar surface area (TPSA) is 94.8 Å². The predicted molar refractivity (Wildman–Crippen MR) is 152 cm³/mol. The first kappa shape index (κ1) is 28.3. The first-order valence-corrected chi connectivity index (χ1v) is 14.9. The fraction of sp³-hybridized carbons (Fsp3) is 0.647. The molecule has 1 aromatic carbocycles. The minimum atomic E-state index is -1.26. The number of hydrogen-bond acceptors (Lipinski definition) is 4. The Balaban J connectivity index is 1.38. The average molecular weight is 535 g/mol. The molecular formula is C34H46O5. The number of aliphatic hydroxyl groups is 2. The Morgan fingerprint density at radius 1 is 1.03 bits per heavy atom. The maximum absolute atomic E-state index is 12.4. The molecule has 1 aromatic rings. The Labute approximate surface area is 233 Å². The van der Waals surface area contributed by atoms with Gasteiger partial charge >= 0.3 is 5.97 Å². The lowest BCUT2D eigenvalue weighted by Crippen LogP contribution is -2.48. The molecular weight excluding hydrogens is 488 g/mol. The molecule has 4 aliphatic carbocycles. The van der Waals surface area contributed by atoms with Crippen LogP contribution in [0.3, 0.4) is 0 Å². The third-order valence-electron chi connectivity index (χ3n) is 11.6. The molecule has 0 spiro atoms. The van der Waals surface area contributed by atoms with E-state index >= 15 is 0 Å². The van der Waals surface area contributed by atoms with Gasteiger partial charge in [-0.3, -0.25) is 4.79 Å². The summed E-state index contributed by atoms with van der Waals surface area (Å²) in [5, 5.41) is 31.6. The number of carboxylic acids is 1. The fourth-order valence-corrected chi connectivity index (χ4v) is 9.14. The molecule has 0 saturated heterocycles. The van der Waals surface area contributed by atoms with Crippen molar-refractivity contribution in [2.24, 2.45) is 34.5 Å². The molecule has 0 aromatic heterocycles. The monoisotopic (exact) mass is 534 g/mol. The van der Waals surface area contributed by atoms with E-state index in [0.717, 1.165) is 19.3 Å². The van der Waals surface area contributed by atoms with Crippen molar-refractivity contribution < 1.29 is 24.9 Å². The summed E-state index contributed by atoms with van der Waals surface area (Å²) in [6.45, 7) is 10.3. The minimum Gasteiger partial charge on any atom is -0.478 e. The van der Waals surface area contributed by atoms with Crippen molar-refractivity contribution in [2.45, 2.75) is 104 Å². The minimum absolute atomic E-state index is 0.0152. The molecule has 0 aliphatic heterocycles. The predicted octanol–water partition coefficient (Wildman–Crippen LogP) is 6.83. The van der Waals surface area contributed by atoms with Gasteiger partial charge in [-0.05, 0) is 105 Å². The standard InChI is InChI=1S/C34H46O5/c1-21(10-15-29(35)31(2,3)38)25-13-14-26-23-12-11-22-20-34(39,28-9-7-6-8-24(28)30(36)37)19-18-32(22,4)27(23)16-17-33(25,26)5/h6-9,11-12,21,25-27,38-39H,10,13-20H2,1-5H3,(H,36,37)/t21-,25-,26+,27+,32+,33-,34+/m1/s1. The first-order valence-electron chi connectivity index (χ1n) is 14.9. The third kappa shape index (κ3) is 4.64. The summed E-state index contributed by atoms with van der Waals surface area (Å²) in [4.78, 5) is 24.3. The van der Waals surface area contributed by atoms with Crippen molar-refractivity contribution in [3.63, 3.8) is 0 Å². The third-order valence-corrected chi connectivity index (χ3v) is 11.6. The Morgan fingerprint density at radius 3 is 2.44 bits per heavy atom. The molecule has 5 rings (SSSR count). The molecule has 3 N–H and O–H groups in total. The van der Waals surface area contributed by atoms with Crippen LogP contribution in [0.15, 0.2) is 47.6 Å². The SMILES string of the molecule is C[C@H](CCC(=O)C(C)(C)O)[C@H]1CC[C@H]2C3=CC=C4C[C@](O)(c5ccccc5C(=O)O)CC[C@]4(C)[C@H]3CC[C@]12C.